The van der Waals surface area contributed by atoms with Gasteiger partial charge in [-0.1, -0.05) is 165 Å². The Morgan fingerprint density at radius 3 is 1.33 bits per heavy atom. The van der Waals surface area contributed by atoms with Crippen LogP contribution in [0.4, 0.5) is 0 Å². The van der Waals surface area contributed by atoms with Crippen molar-refractivity contribution in [3.8, 4) is 0 Å². The molecule has 0 heterocycles. The molecule has 1 fully saturated rings. The summed E-state index contributed by atoms with van der Waals surface area (Å²) in [4.78, 5) is 73.3. The van der Waals surface area contributed by atoms with Crippen molar-refractivity contribution in [2.24, 2.45) is 0 Å². The molecule has 8 N–H and O–H groups in total. The van der Waals surface area contributed by atoms with E-state index in [9.17, 15) is 63.1 Å². The van der Waals surface area contributed by atoms with Gasteiger partial charge >= 0.3 is 35.4 Å². The summed E-state index contributed by atoms with van der Waals surface area (Å²) in [5.41, 5.74) is 0. The number of phosphoric acid groups is 3. The molecule has 402 valence electrons. The Hall–Kier alpha value is -1.89. The number of phosphoric ester groups is 3. The number of ether oxygens (including phenoxy) is 2. The van der Waals surface area contributed by atoms with Crippen LogP contribution in [0, 0.1) is 0 Å². The summed E-state index contributed by atoms with van der Waals surface area (Å²) in [5.74, 6) is -1.36. The number of esters is 2. The molecule has 0 aromatic heterocycles. The van der Waals surface area contributed by atoms with E-state index in [-0.39, 0.29) is 12.8 Å². The maximum Gasteiger partial charge on any atom is 0.472 e. The maximum atomic E-state index is 13.1. The molecule has 69 heavy (non-hydrogen) atoms. The number of carbonyl (C=O) groups is 2. The van der Waals surface area contributed by atoms with Gasteiger partial charge in [-0.25, -0.2) is 13.7 Å². The molecule has 0 bridgehead atoms. The van der Waals surface area contributed by atoms with Crippen LogP contribution in [0.2, 0.25) is 0 Å². The highest BCUT2D eigenvalue weighted by Gasteiger charge is 2.56. The molecule has 22 heteroatoms. The highest BCUT2D eigenvalue weighted by Crippen LogP contribution is 2.51. The fourth-order valence-electron chi connectivity index (χ4n) is 7.40. The minimum atomic E-state index is -5.61. The second kappa shape index (κ2) is 38.7. The predicted molar refractivity (Wildman–Crippen MR) is 261 cm³/mol. The Kier molecular flexibility index (Phi) is 36.5. The van der Waals surface area contributed by atoms with Crippen molar-refractivity contribution < 1.29 is 90.6 Å². The number of hydrogen-bond donors (Lipinski definition) is 8. The van der Waals surface area contributed by atoms with Crippen LogP contribution in [-0.4, -0.2) is 108 Å². The number of allylic oxidation sites excluding steroid dienone is 8. The van der Waals surface area contributed by atoms with Gasteiger partial charge in [-0.05, 0) is 51.4 Å². The molecule has 0 aromatic carbocycles. The van der Waals surface area contributed by atoms with Crippen molar-refractivity contribution in [1.82, 2.24) is 0 Å². The number of carbonyl (C=O) groups excluding carboxylic acids is 2. The van der Waals surface area contributed by atoms with Gasteiger partial charge in [-0.3, -0.25) is 27.7 Å². The van der Waals surface area contributed by atoms with Gasteiger partial charge in [0.25, 0.3) is 0 Å². The Labute approximate surface area is 410 Å². The van der Waals surface area contributed by atoms with Crippen molar-refractivity contribution in [3.05, 3.63) is 48.6 Å². The van der Waals surface area contributed by atoms with Gasteiger partial charge in [-0.15, -0.1) is 0 Å². The van der Waals surface area contributed by atoms with E-state index in [1.54, 1.807) is 0 Å². The molecule has 0 aliphatic heterocycles. The number of rotatable bonds is 42. The average Bonchev–Trinajstić information content (AvgIpc) is 3.28. The first-order valence-electron chi connectivity index (χ1n) is 24.9. The molecule has 1 saturated carbocycles. The molecule has 1 rings (SSSR count). The molecule has 0 amide bonds. The number of aliphatic hydroxyl groups excluding tert-OH is 3. The van der Waals surface area contributed by atoms with E-state index in [0.717, 1.165) is 57.8 Å². The molecular weight excluding hydrogens is 961 g/mol. The summed E-state index contributed by atoms with van der Waals surface area (Å²) in [5, 5.41) is 31.9. The van der Waals surface area contributed by atoms with Crippen LogP contribution in [-0.2, 0) is 50.9 Å². The van der Waals surface area contributed by atoms with Gasteiger partial charge in [-0.2, -0.15) is 0 Å². The average molecular weight is 1050 g/mol. The molecule has 1 aliphatic carbocycles. The highest BCUT2D eigenvalue weighted by atomic mass is 31.2. The van der Waals surface area contributed by atoms with E-state index in [1.807, 2.05) is 12.2 Å². The van der Waals surface area contributed by atoms with E-state index < -0.39 is 91.3 Å². The minimum absolute atomic E-state index is 0.00460. The van der Waals surface area contributed by atoms with Gasteiger partial charge in [0.1, 0.15) is 43.2 Å². The van der Waals surface area contributed by atoms with Crippen molar-refractivity contribution in [2.75, 3.05) is 13.2 Å². The van der Waals surface area contributed by atoms with Crippen molar-refractivity contribution in [3.63, 3.8) is 0 Å². The summed E-state index contributed by atoms with van der Waals surface area (Å²) in [6, 6.07) is 0. The lowest BCUT2D eigenvalue weighted by molar-refractivity contribution is -0.213. The SMILES string of the molecule is CCCCCC=CCC=CCC=CCC=CCCCC(=O)OC[C@H](COP(=O)(O)O[C@H]1C(O)C(O)C(OP(=O)(O)O)[C@@H](OP(=O)(O)O)C1O)OC(=O)CCCCCCCCCCCCCCCCC. The first kappa shape index (κ1) is 65.1. The quantitative estimate of drug-likeness (QED) is 0.0122. The highest BCUT2D eigenvalue weighted by molar-refractivity contribution is 7.47. The maximum absolute atomic E-state index is 13.1. The molecule has 0 spiro atoms. The van der Waals surface area contributed by atoms with Crippen LogP contribution >= 0.6 is 23.5 Å². The Morgan fingerprint density at radius 1 is 0.464 bits per heavy atom. The lowest BCUT2D eigenvalue weighted by Crippen LogP contribution is -2.65. The summed E-state index contributed by atoms with van der Waals surface area (Å²) in [6.07, 6.45) is 25.6. The molecule has 19 nitrogen and oxygen atoms in total. The molecule has 8 atom stereocenters. The summed E-state index contributed by atoms with van der Waals surface area (Å²) >= 11 is 0. The standard InChI is InChI=1S/C47H85O19P3/c1-3-5-7-9-11-13-15-17-19-20-22-23-25-27-29-31-33-35-40(48)61-37-39(63-41(49)36-34-32-30-28-26-24-21-18-16-14-12-10-8-6-4-2)38-62-69(59,60)66-45-42(50)43(51)46(64-67(53,54)55)47(44(45)52)65-68(56,57)58/h11,13,17,19,22-23,27,29,39,42-47,50-52H,3-10,12,14-16,18,20-21,24-26,28,30-38H2,1-2H3,(H,59,60)(H2,53,54,55)(H2,56,57,58)/t39-,42?,43?,44?,45+,46?,47+/m1/s1. The van der Waals surface area contributed by atoms with Gasteiger partial charge in [0.2, 0.25) is 0 Å². The lowest BCUT2D eigenvalue weighted by atomic mass is 9.85. The van der Waals surface area contributed by atoms with E-state index in [0.29, 0.717) is 19.3 Å². The van der Waals surface area contributed by atoms with Crippen LogP contribution in [0.3, 0.4) is 0 Å². The fraction of sp³-hybridized carbons (Fsp3) is 0.787. The molecule has 0 radical (unpaired) electrons. The smallest absolute Gasteiger partial charge is 0.462 e. The van der Waals surface area contributed by atoms with Crippen LogP contribution < -0.4 is 0 Å². The third-order valence-corrected chi connectivity index (χ3v) is 13.2. The molecule has 5 unspecified atom stereocenters. The minimum Gasteiger partial charge on any atom is -0.462 e. The number of unbranched alkanes of at least 4 members (excludes halogenated alkanes) is 18. The van der Waals surface area contributed by atoms with Crippen molar-refractivity contribution >= 4 is 35.4 Å². The second-order valence-electron chi connectivity index (χ2n) is 17.4. The van der Waals surface area contributed by atoms with E-state index >= 15 is 0 Å². The Bertz CT molecular complexity index is 1630. The monoisotopic (exact) mass is 1050 g/mol. The summed E-state index contributed by atoms with van der Waals surface area (Å²) in [7, 11) is -16.6. The Morgan fingerprint density at radius 2 is 0.855 bits per heavy atom. The zero-order valence-corrected chi connectivity index (χ0v) is 43.6. The molecule has 1 aliphatic rings. The van der Waals surface area contributed by atoms with Gasteiger partial charge in [0.05, 0.1) is 6.61 Å². The molecule has 0 saturated heterocycles. The molecular formula is C47H85O19P3. The number of hydrogen-bond acceptors (Lipinski definition) is 14. The van der Waals surface area contributed by atoms with Gasteiger partial charge in [0, 0.05) is 12.8 Å². The third-order valence-electron chi connectivity index (χ3n) is 11.1. The summed E-state index contributed by atoms with van der Waals surface area (Å²) < 4.78 is 65.5. The van der Waals surface area contributed by atoms with Crippen LogP contribution in [0.15, 0.2) is 48.6 Å². The van der Waals surface area contributed by atoms with Crippen LogP contribution in [0.25, 0.3) is 0 Å². The predicted octanol–water partition coefficient (Wildman–Crippen LogP) is 9.40. The first-order valence-corrected chi connectivity index (χ1v) is 29.5. The third kappa shape index (κ3) is 35.0. The van der Waals surface area contributed by atoms with Crippen LogP contribution in [0.1, 0.15) is 181 Å². The lowest BCUT2D eigenvalue weighted by Gasteiger charge is -2.44. The van der Waals surface area contributed by atoms with Crippen LogP contribution in [0.5, 0.6) is 0 Å². The zero-order valence-electron chi connectivity index (χ0n) is 40.9. The molecule has 0 aromatic rings. The largest absolute Gasteiger partial charge is 0.472 e. The zero-order chi connectivity index (χ0) is 51.4. The van der Waals surface area contributed by atoms with Crippen molar-refractivity contribution in [1.29, 1.82) is 0 Å². The van der Waals surface area contributed by atoms with E-state index in [4.69, 9.17) is 18.5 Å². The van der Waals surface area contributed by atoms with E-state index in [2.05, 4.69) is 59.4 Å². The van der Waals surface area contributed by atoms with E-state index in [1.165, 1.54) is 77.0 Å². The van der Waals surface area contributed by atoms with Gasteiger partial charge < -0.3 is 49.3 Å². The first-order chi connectivity index (χ1) is 32.8. The number of aliphatic hydroxyl groups is 3. The summed E-state index contributed by atoms with van der Waals surface area (Å²) in [6.45, 7) is 2.88. The second-order valence-corrected chi connectivity index (χ2v) is 21.2. The van der Waals surface area contributed by atoms with Gasteiger partial charge in [0.15, 0.2) is 6.10 Å². The topological polar surface area (TPSA) is 303 Å². The normalized spacial score (nSPS) is 21.7. The van der Waals surface area contributed by atoms with Crippen molar-refractivity contribution in [2.45, 2.75) is 224 Å². The fourth-order valence-corrected chi connectivity index (χ4v) is 9.50. The Balaban J connectivity index is 2.74.